The molecular formula is C16H19ClN2O2. The highest BCUT2D eigenvalue weighted by Crippen LogP contribution is 2.34. The number of rotatable bonds is 2. The van der Waals surface area contributed by atoms with Crippen molar-refractivity contribution in [2.45, 2.75) is 32.7 Å². The molecule has 0 aromatic heterocycles. The number of carbonyl (C=O) groups is 2. The summed E-state index contributed by atoms with van der Waals surface area (Å²) in [4.78, 5) is 28.3. The second-order valence-electron chi connectivity index (χ2n) is 5.86. The number of hydrogen-bond donors (Lipinski definition) is 0. The fourth-order valence-corrected chi connectivity index (χ4v) is 3.03. The lowest BCUT2D eigenvalue weighted by Crippen LogP contribution is -2.58. The minimum absolute atomic E-state index is 0.0272. The molecule has 2 aliphatic rings. The largest absolute Gasteiger partial charge is 0.329 e. The van der Waals surface area contributed by atoms with Crippen molar-refractivity contribution in [1.82, 2.24) is 4.90 Å². The normalized spacial score (nSPS) is 22.6. The predicted molar refractivity (Wildman–Crippen MR) is 82.4 cm³/mol. The lowest BCUT2D eigenvalue weighted by molar-refractivity contribution is -0.141. The van der Waals surface area contributed by atoms with Crippen molar-refractivity contribution in [2.24, 2.45) is 5.92 Å². The van der Waals surface area contributed by atoms with E-state index >= 15 is 0 Å². The van der Waals surface area contributed by atoms with Crippen molar-refractivity contribution in [3.05, 3.63) is 28.8 Å². The van der Waals surface area contributed by atoms with Crippen molar-refractivity contribution in [3.63, 3.8) is 0 Å². The Morgan fingerprint density at radius 1 is 1.29 bits per heavy atom. The van der Waals surface area contributed by atoms with Gasteiger partial charge in [0.05, 0.1) is 0 Å². The monoisotopic (exact) mass is 306 g/mol. The minimum Gasteiger partial charge on any atom is -0.329 e. The van der Waals surface area contributed by atoms with E-state index in [0.717, 1.165) is 24.1 Å². The van der Waals surface area contributed by atoms with Crippen LogP contribution in [0.1, 0.15) is 25.3 Å². The molecule has 1 unspecified atom stereocenters. The molecule has 1 aliphatic heterocycles. The molecular weight excluding hydrogens is 288 g/mol. The zero-order valence-corrected chi connectivity index (χ0v) is 13.1. The standard InChI is InChI=1S/C16H19ClN2O2/c1-10-13(17)4-3-5-14(10)19-9-8-18(11(2)15(19)20)16(21)12-6-7-12/h3-5,11-12H,6-9H2,1-2H3. The van der Waals surface area contributed by atoms with Gasteiger partial charge in [0, 0.05) is 29.7 Å². The van der Waals surface area contributed by atoms with Crippen LogP contribution in [0.25, 0.3) is 0 Å². The molecule has 0 bridgehead atoms. The number of piperazine rings is 1. The van der Waals surface area contributed by atoms with Gasteiger partial charge in [0.2, 0.25) is 11.8 Å². The van der Waals surface area contributed by atoms with Gasteiger partial charge in [0.25, 0.3) is 0 Å². The molecule has 1 saturated carbocycles. The maximum absolute atomic E-state index is 12.6. The molecule has 1 aromatic rings. The molecule has 2 amide bonds. The first-order valence-corrected chi connectivity index (χ1v) is 7.75. The number of anilines is 1. The van der Waals surface area contributed by atoms with Crippen molar-refractivity contribution >= 4 is 29.1 Å². The van der Waals surface area contributed by atoms with Gasteiger partial charge in [0.1, 0.15) is 6.04 Å². The molecule has 1 atom stereocenters. The molecule has 1 aromatic carbocycles. The summed E-state index contributed by atoms with van der Waals surface area (Å²) in [5, 5.41) is 0.657. The van der Waals surface area contributed by atoms with Gasteiger partial charge in [0.15, 0.2) is 0 Å². The van der Waals surface area contributed by atoms with Gasteiger partial charge < -0.3 is 9.80 Å². The van der Waals surface area contributed by atoms with E-state index in [2.05, 4.69) is 0 Å². The van der Waals surface area contributed by atoms with E-state index in [0.29, 0.717) is 18.1 Å². The van der Waals surface area contributed by atoms with Crippen LogP contribution < -0.4 is 4.90 Å². The van der Waals surface area contributed by atoms with Crippen LogP contribution in [0.3, 0.4) is 0 Å². The fourth-order valence-electron chi connectivity index (χ4n) is 2.86. The topological polar surface area (TPSA) is 40.6 Å². The highest BCUT2D eigenvalue weighted by Gasteiger charge is 2.41. The quantitative estimate of drug-likeness (QED) is 0.843. The molecule has 0 spiro atoms. The Morgan fingerprint density at radius 3 is 2.67 bits per heavy atom. The SMILES string of the molecule is Cc1c(Cl)cccc1N1CCN(C(=O)C2CC2)C(C)C1=O. The number of nitrogens with zero attached hydrogens (tertiary/aromatic N) is 2. The molecule has 21 heavy (non-hydrogen) atoms. The van der Waals surface area contributed by atoms with Gasteiger partial charge in [-0.3, -0.25) is 9.59 Å². The molecule has 1 saturated heterocycles. The highest BCUT2D eigenvalue weighted by atomic mass is 35.5. The third-order valence-electron chi connectivity index (χ3n) is 4.40. The average Bonchev–Trinajstić information content (AvgIpc) is 3.29. The first-order valence-electron chi connectivity index (χ1n) is 7.37. The van der Waals surface area contributed by atoms with E-state index in [-0.39, 0.29) is 17.7 Å². The van der Waals surface area contributed by atoms with Crippen LogP contribution in [0.15, 0.2) is 18.2 Å². The van der Waals surface area contributed by atoms with Gasteiger partial charge >= 0.3 is 0 Å². The third kappa shape index (κ3) is 2.53. The molecule has 5 heteroatoms. The zero-order chi connectivity index (χ0) is 15.1. The average molecular weight is 307 g/mol. The summed E-state index contributed by atoms with van der Waals surface area (Å²) in [7, 11) is 0. The summed E-state index contributed by atoms with van der Waals surface area (Å²) in [5.74, 6) is 0.263. The maximum Gasteiger partial charge on any atom is 0.249 e. The molecule has 4 nitrogen and oxygen atoms in total. The molecule has 1 aliphatic carbocycles. The van der Waals surface area contributed by atoms with Crippen molar-refractivity contribution in [3.8, 4) is 0 Å². The van der Waals surface area contributed by atoms with E-state index in [9.17, 15) is 9.59 Å². The summed E-state index contributed by atoms with van der Waals surface area (Å²) in [6, 6.07) is 5.18. The van der Waals surface area contributed by atoms with Crippen LogP contribution >= 0.6 is 11.6 Å². The van der Waals surface area contributed by atoms with Crippen LogP contribution in [0.2, 0.25) is 5.02 Å². The second kappa shape index (κ2) is 5.34. The molecule has 2 fully saturated rings. The number of benzene rings is 1. The number of hydrogen-bond acceptors (Lipinski definition) is 2. The summed E-state index contributed by atoms with van der Waals surface area (Å²) in [5.41, 5.74) is 1.75. The zero-order valence-electron chi connectivity index (χ0n) is 12.3. The van der Waals surface area contributed by atoms with Crippen LogP contribution in [0, 0.1) is 12.8 Å². The van der Waals surface area contributed by atoms with Gasteiger partial charge in [-0.2, -0.15) is 0 Å². The van der Waals surface area contributed by atoms with Crippen LogP contribution in [-0.2, 0) is 9.59 Å². The van der Waals surface area contributed by atoms with Crippen molar-refractivity contribution in [1.29, 1.82) is 0 Å². The third-order valence-corrected chi connectivity index (χ3v) is 4.80. The molecule has 0 N–H and O–H groups in total. The first-order chi connectivity index (χ1) is 10.0. The number of amides is 2. The molecule has 1 heterocycles. The minimum atomic E-state index is -0.398. The van der Waals surface area contributed by atoms with Gasteiger partial charge in [-0.15, -0.1) is 0 Å². The number of carbonyl (C=O) groups excluding carboxylic acids is 2. The van der Waals surface area contributed by atoms with E-state index < -0.39 is 6.04 Å². The Hall–Kier alpha value is -1.55. The van der Waals surface area contributed by atoms with E-state index in [1.54, 1.807) is 9.80 Å². The number of halogens is 1. The smallest absolute Gasteiger partial charge is 0.249 e. The first kappa shape index (κ1) is 14.4. The molecule has 3 rings (SSSR count). The molecule has 112 valence electrons. The summed E-state index contributed by atoms with van der Waals surface area (Å²) in [6.07, 6.45) is 1.93. The fraction of sp³-hybridized carbons (Fsp3) is 0.500. The maximum atomic E-state index is 12.6. The van der Waals surface area contributed by atoms with Crippen molar-refractivity contribution in [2.75, 3.05) is 18.0 Å². The summed E-state index contributed by atoms with van der Waals surface area (Å²) in [6.45, 7) is 4.85. The Bertz CT molecular complexity index is 598. The summed E-state index contributed by atoms with van der Waals surface area (Å²) >= 11 is 6.14. The van der Waals surface area contributed by atoms with Crippen LogP contribution in [0.4, 0.5) is 5.69 Å². The second-order valence-corrected chi connectivity index (χ2v) is 6.26. The Kier molecular flexibility index (Phi) is 3.66. The lowest BCUT2D eigenvalue weighted by atomic mass is 10.1. The summed E-state index contributed by atoms with van der Waals surface area (Å²) < 4.78 is 0. The molecule has 0 radical (unpaired) electrons. The van der Waals surface area contributed by atoms with Crippen molar-refractivity contribution < 1.29 is 9.59 Å². The van der Waals surface area contributed by atoms with Gasteiger partial charge in [-0.05, 0) is 44.4 Å². The lowest BCUT2D eigenvalue weighted by Gasteiger charge is -2.39. The Labute approximate surface area is 129 Å². The van der Waals surface area contributed by atoms with E-state index in [4.69, 9.17) is 11.6 Å². The highest BCUT2D eigenvalue weighted by molar-refractivity contribution is 6.31. The van der Waals surface area contributed by atoms with E-state index in [1.165, 1.54) is 0 Å². The van der Waals surface area contributed by atoms with Crippen LogP contribution in [0.5, 0.6) is 0 Å². The Balaban J connectivity index is 1.82. The van der Waals surface area contributed by atoms with E-state index in [1.807, 2.05) is 32.0 Å². The predicted octanol–water partition coefficient (Wildman–Crippen LogP) is 2.62. The van der Waals surface area contributed by atoms with Gasteiger partial charge in [-0.1, -0.05) is 17.7 Å². The Morgan fingerprint density at radius 2 is 2.00 bits per heavy atom. The van der Waals surface area contributed by atoms with Crippen LogP contribution in [-0.4, -0.2) is 35.8 Å². The van der Waals surface area contributed by atoms with Gasteiger partial charge in [-0.25, -0.2) is 0 Å².